The van der Waals surface area contributed by atoms with E-state index in [2.05, 4.69) is 19.7 Å². The van der Waals surface area contributed by atoms with E-state index < -0.39 is 28.0 Å². The van der Waals surface area contributed by atoms with Gasteiger partial charge in [-0.15, -0.1) is 0 Å². The first-order valence-corrected chi connectivity index (χ1v) is 10.7. The largest absolute Gasteiger partial charge is 0.495 e. The number of amides is 1. The molecule has 0 spiro atoms. The molecule has 1 aromatic carbocycles. The second-order valence-electron chi connectivity index (χ2n) is 7.70. The Morgan fingerprint density at radius 2 is 2.03 bits per heavy atom. The predicted molar refractivity (Wildman–Crippen MR) is 119 cm³/mol. The first-order valence-electron chi connectivity index (χ1n) is 9.39. The van der Waals surface area contributed by atoms with E-state index in [1.165, 1.54) is 25.4 Å². The van der Waals surface area contributed by atoms with Crippen molar-refractivity contribution in [1.29, 1.82) is 0 Å². The predicted octanol–water partition coefficient (Wildman–Crippen LogP) is 3.28. The molecule has 0 saturated heterocycles. The van der Waals surface area contributed by atoms with Gasteiger partial charge in [0, 0.05) is 24.1 Å². The molecule has 7 nitrogen and oxygen atoms in total. The zero-order valence-corrected chi connectivity index (χ0v) is 18.5. The number of benzene rings is 1. The molecule has 0 unspecified atom stereocenters. The number of anilines is 1. The summed E-state index contributed by atoms with van der Waals surface area (Å²) < 4.78 is 24.0. The minimum atomic E-state index is -0.884. The number of hydrogen-bond donors (Lipinski definition) is 2. The molecule has 30 heavy (non-hydrogen) atoms. The Morgan fingerprint density at radius 3 is 2.63 bits per heavy atom. The van der Waals surface area contributed by atoms with Crippen molar-refractivity contribution >= 4 is 28.1 Å². The van der Waals surface area contributed by atoms with Gasteiger partial charge in [0.2, 0.25) is 0 Å². The van der Waals surface area contributed by atoms with Gasteiger partial charge in [-0.2, -0.15) is 0 Å². The van der Waals surface area contributed by atoms with Crippen molar-refractivity contribution in [3.63, 3.8) is 0 Å². The van der Waals surface area contributed by atoms with Crippen LogP contribution in [0.15, 0.2) is 45.9 Å². The lowest BCUT2D eigenvalue weighted by atomic mass is 9.92. The number of amidine groups is 1. The molecule has 1 aromatic heterocycles. The number of ether oxygens (including phenoxy) is 1. The molecule has 1 aliphatic rings. The van der Waals surface area contributed by atoms with Gasteiger partial charge < -0.3 is 15.8 Å². The normalized spacial score (nSPS) is 23.0. The van der Waals surface area contributed by atoms with Gasteiger partial charge in [-0.1, -0.05) is 10.7 Å². The van der Waals surface area contributed by atoms with Crippen molar-refractivity contribution in [2.24, 2.45) is 15.1 Å². The smallest absolute Gasteiger partial charge is 0.274 e. The molecule has 2 aromatic rings. The number of aromatic nitrogens is 1. The van der Waals surface area contributed by atoms with Crippen LogP contribution < -0.4 is 15.8 Å². The fraction of sp³-hybridized carbons (Fsp3) is 0.381. The summed E-state index contributed by atoms with van der Waals surface area (Å²) in [6, 6.07) is 7.64. The molecule has 2 heterocycles. The lowest BCUT2D eigenvalue weighted by Gasteiger charge is -2.40. The van der Waals surface area contributed by atoms with Crippen molar-refractivity contribution in [2.45, 2.75) is 31.1 Å². The van der Waals surface area contributed by atoms with Gasteiger partial charge in [-0.3, -0.25) is 14.1 Å². The second kappa shape index (κ2) is 8.14. The van der Waals surface area contributed by atoms with E-state index in [0.717, 1.165) is 0 Å². The van der Waals surface area contributed by atoms with Crippen molar-refractivity contribution in [3.05, 3.63) is 53.6 Å². The third-order valence-electron chi connectivity index (χ3n) is 5.22. The lowest BCUT2D eigenvalue weighted by molar-refractivity contribution is 0.102. The summed E-state index contributed by atoms with van der Waals surface area (Å²) in [4.78, 5) is 21.3. The van der Waals surface area contributed by atoms with Gasteiger partial charge in [-0.05, 0) is 51.1 Å². The molecular weight excluding hydrogens is 405 g/mol. The highest BCUT2D eigenvalue weighted by Gasteiger charge is 2.42. The number of halogens is 1. The van der Waals surface area contributed by atoms with Gasteiger partial charge in [0.05, 0.1) is 23.6 Å². The molecule has 160 valence electrons. The first-order chi connectivity index (χ1) is 14.1. The molecule has 0 bridgehead atoms. The average molecular weight is 432 g/mol. The molecule has 1 amide bonds. The number of nitrogens with zero attached hydrogens (tertiary/aromatic N) is 3. The van der Waals surface area contributed by atoms with E-state index in [4.69, 9.17) is 10.5 Å². The Hall–Kier alpha value is -2.81. The molecule has 2 atom stereocenters. The molecule has 1 aliphatic heterocycles. The van der Waals surface area contributed by atoms with Crippen LogP contribution in [0.5, 0.6) is 5.75 Å². The zero-order valence-electron chi connectivity index (χ0n) is 17.7. The van der Waals surface area contributed by atoms with Gasteiger partial charge in [0.25, 0.3) is 5.91 Å². The number of hydrogen-bond acceptors (Lipinski definition) is 6. The SMILES string of the molecule is CN=[S@]1C[C@@](C)(c2cc(NC(=O)c3ccc(OC)cn3)ccc2F)N=C(N)C1(C)C. The number of pyridine rings is 1. The minimum absolute atomic E-state index is 0.223. The Balaban J connectivity index is 1.93. The van der Waals surface area contributed by atoms with Crippen LogP contribution in [0.4, 0.5) is 10.1 Å². The number of nitrogens with one attached hydrogen (secondary N) is 1. The highest BCUT2D eigenvalue weighted by molar-refractivity contribution is 7.89. The Labute approximate surface area is 178 Å². The minimum Gasteiger partial charge on any atom is -0.495 e. The van der Waals surface area contributed by atoms with Gasteiger partial charge in [-0.25, -0.2) is 9.37 Å². The van der Waals surface area contributed by atoms with Crippen molar-refractivity contribution in [3.8, 4) is 5.75 Å². The fourth-order valence-corrected chi connectivity index (χ4v) is 5.26. The van der Waals surface area contributed by atoms with Gasteiger partial charge in [0.1, 0.15) is 23.1 Å². The van der Waals surface area contributed by atoms with Crippen LogP contribution in [0.2, 0.25) is 0 Å². The third kappa shape index (κ3) is 4.07. The van der Waals surface area contributed by atoms with E-state index in [1.54, 1.807) is 25.2 Å². The molecule has 0 radical (unpaired) electrons. The molecule has 0 aliphatic carbocycles. The van der Waals surface area contributed by atoms with E-state index >= 15 is 0 Å². The Kier molecular flexibility index (Phi) is 5.94. The highest BCUT2D eigenvalue weighted by Crippen LogP contribution is 2.37. The Bertz CT molecular complexity index is 1040. The maximum Gasteiger partial charge on any atom is 0.274 e. The van der Waals surface area contributed by atoms with Crippen LogP contribution in [0.1, 0.15) is 36.8 Å². The monoisotopic (exact) mass is 431 g/mol. The fourth-order valence-electron chi connectivity index (χ4n) is 3.28. The summed E-state index contributed by atoms with van der Waals surface area (Å²) in [6.45, 7) is 5.84. The molecule has 9 heteroatoms. The first kappa shape index (κ1) is 21.9. The number of carbonyl (C=O) groups excluding carboxylic acids is 1. The summed E-state index contributed by atoms with van der Waals surface area (Å²) in [5.41, 5.74) is 6.40. The van der Waals surface area contributed by atoms with Crippen molar-refractivity contribution in [2.75, 3.05) is 25.2 Å². The topological polar surface area (TPSA) is 102 Å². The zero-order chi connectivity index (χ0) is 22.1. The number of methoxy groups -OCH3 is 1. The van der Waals surface area contributed by atoms with Gasteiger partial charge in [0.15, 0.2) is 0 Å². The van der Waals surface area contributed by atoms with E-state index in [-0.39, 0.29) is 10.4 Å². The van der Waals surface area contributed by atoms with Crippen LogP contribution in [0, 0.1) is 5.82 Å². The van der Waals surface area contributed by atoms with E-state index in [1.807, 2.05) is 20.8 Å². The van der Waals surface area contributed by atoms with Crippen LogP contribution in [-0.4, -0.2) is 41.4 Å². The van der Waals surface area contributed by atoms with E-state index in [9.17, 15) is 9.18 Å². The van der Waals surface area contributed by atoms with Crippen molar-refractivity contribution < 1.29 is 13.9 Å². The second-order valence-corrected chi connectivity index (χ2v) is 10.1. The van der Waals surface area contributed by atoms with Crippen LogP contribution in [0.25, 0.3) is 0 Å². The summed E-state index contributed by atoms with van der Waals surface area (Å²) in [5, 5.41) is 2.76. The quantitative estimate of drug-likeness (QED) is 0.775. The van der Waals surface area contributed by atoms with Crippen LogP contribution in [0.3, 0.4) is 0 Å². The summed E-state index contributed by atoms with van der Waals surface area (Å²) in [5.74, 6) is 0.716. The molecular formula is C21H26FN5O2S. The van der Waals surface area contributed by atoms with Crippen LogP contribution >= 0.6 is 0 Å². The number of carbonyl (C=O) groups is 1. The van der Waals surface area contributed by atoms with E-state index in [0.29, 0.717) is 28.6 Å². The lowest BCUT2D eigenvalue weighted by Crippen LogP contribution is -2.51. The highest BCUT2D eigenvalue weighted by atomic mass is 32.2. The third-order valence-corrected chi connectivity index (χ3v) is 7.88. The molecule has 3 rings (SSSR count). The maximum atomic E-state index is 14.8. The van der Waals surface area contributed by atoms with Crippen molar-refractivity contribution in [1.82, 2.24) is 4.98 Å². The summed E-state index contributed by atoms with van der Waals surface area (Å²) in [6.07, 6.45) is 1.46. The standard InChI is InChI=1S/C21H26FN5O2S/c1-20(2)19(23)27-21(3,12-30(20)24-4)15-10-13(6-8-16(15)22)26-18(28)17-9-7-14(29-5)11-25-17/h6-11H,12H2,1-5H3,(H2,23,27)(H,26,28)/t21-,30-/m0/s1. The molecule has 0 fully saturated rings. The maximum absolute atomic E-state index is 14.8. The number of aliphatic imine (C=N–C) groups is 1. The van der Waals surface area contributed by atoms with Gasteiger partial charge >= 0.3 is 0 Å². The summed E-state index contributed by atoms with van der Waals surface area (Å²) >= 11 is 0. The van der Waals surface area contributed by atoms with Crippen LogP contribution in [-0.2, 0) is 16.2 Å². The number of nitrogens with two attached hydrogens (primary N) is 1. The Morgan fingerprint density at radius 1 is 1.30 bits per heavy atom. The average Bonchev–Trinajstić information content (AvgIpc) is 2.72. The summed E-state index contributed by atoms with van der Waals surface area (Å²) in [7, 11) is 2.85. The molecule has 3 N–H and O–H groups in total. The number of rotatable bonds is 4. The molecule has 0 saturated carbocycles.